The van der Waals surface area contributed by atoms with E-state index in [1.54, 1.807) is 4.68 Å². The molecule has 176 valence electrons. The topological polar surface area (TPSA) is 106 Å². The number of carbonyl (C=O) groups is 1. The maximum absolute atomic E-state index is 13.3. The highest BCUT2D eigenvalue weighted by molar-refractivity contribution is 5.79. The molecule has 1 aromatic carbocycles. The molecule has 1 atom stereocenters. The number of pyridine rings is 1. The molecule has 1 fully saturated rings. The van der Waals surface area contributed by atoms with Crippen LogP contribution >= 0.6 is 0 Å². The average molecular weight is 453 g/mol. The molecule has 0 amide bonds. The van der Waals surface area contributed by atoms with E-state index in [-0.39, 0.29) is 23.0 Å². The number of likely N-dealkylation sites (tertiary alicyclic amines) is 1. The number of carbonyl (C=O) groups excluding carboxylic acids is 1. The second-order valence-electron chi connectivity index (χ2n) is 9.73. The molecule has 1 N–H and O–H groups in total. The highest BCUT2D eigenvalue weighted by Crippen LogP contribution is 2.33. The van der Waals surface area contributed by atoms with Crippen LogP contribution in [0.4, 0.5) is 0 Å². The normalized spacial score (nSPS) is 16.8. The zero-order valence-electron chi connectivity index (χ0n) is 20.0. The molecule has 1 saturated heterocycles. The van der Waals surface area contributed by atoms with Gasteiger partial charge in [0, 0.05) is 24.2 Å². The third-order valence-electron chi connectivity index (χ3n) is 6.21. The lowest BCUT2D eigenvalue weighted by Gasteiger charge is -2.37. The Hall–Kier alpha value is -3.07. The van der Waals surface area contributed by atoms with Gasteiger partial charge in [0.05, 0.1) is 18.1 Å². The van der Waals surface area contributed by atoms with Gasteiger partial charge in [-0.05, 0) is 81.5 Å². The number of rotatable bonds is 5. The number of tetrazole rings is 1. The number of nitrogens with zero attached hydrogens (tertiary/aromatic N) is 5. The van der Waals surface area contributed by atoms with Crippen LogP contribution < -0.4 is 5.56 Å². The molecule has 0 unspecified atom stereocenters. The van der Waals surface area contributed by atoms with Crippen LogP contribution in [0.1, 0.15) is 63.5 Å². The number of ether oxygens (including phenoxy) is 1. The second-order valence-corrected chi connectivity index (χ2v) is 9.73. The van der Waals surface area contributed by atoms with Gasteiger partial charge in [-0.25, -0.2) is 4.68 Å². The maximum atomic E-state index is 13.3. The van der Waals surface area contributed by atoms with Gasteiger partial charge in [-0.15, -0.1) is 5.10 Å². The van der Waals surface area contributed by atoms with Crippen LogP contribution in [0.15, 0.2) is 29.1 Å². The number of fused-ring (bicyclic) bond motifs is 1. The zero-order chi connectivity index (χ0) is 23.8. The Morgan fingerprint density at radius 2 is 1.97 bits per heavy atom. The standard InChI is InChI=1S/C24H32N6O3/c1-6-33-23(32)16-9-11-29(12-10-16)20(21-26-27-28-30(21)24(3,4)5)18-14-17-13-15(2)7-8-19(17)25-22(18)31/h7-8,13-14,16,20H,6,9-12H2,1-5H3,(H,25,31)/t20-/m1/s1. The first-order valence-electron chi connectivity index (χ1n) is 11.5. The van der Waals surface area contributed by atoms with Crippen molar-refractivity contribution in [1.29, 1.82) is 0 Å². The minimum atomic E-state index is -0.434. The van der Waals surface area contributed by atoms with Gasteiger partial charge in [-0.2, -0.15) is 0 Å². The molecule has 0 saturated carbocycles. The summed E-state index contributed by atoms with van der Waals surface area (Å²) in [5.74, 6) is 0.347. The molecule has 3 heterocycles. The van der Waals surface area contributed by atoms with Crippen molar-refractivity contribution in [1.82, 2.24) is 30.1 Å². The number of hydrogen-bond donors (Lipinski definition) is 1. The van der Waals surface area contributed by atoms with Crippen molar-refractivity contribution in [2.24, 2.45) is 5.92 Å². The minimum Gasteiger partial charge on any atom is -0.466 e. The van der Waals surface area contributed by atoms with Crippen molar-refractivity contribution in [3.8, 4) is 0 Å². The molecular weight excluding hydrogens is 420 g/mol. The molecule has 4 rings (SSSR count). The second kappa shape index (κ2) is 9.05. The monoisotopic (exact) mass is 452 g/mol. The van der Waals surface area contributed by atoms with Crippen molar-refractivity contribution < 1.29 is 9.53 Å². The lowest BCUT2D eigenvalue weighted by Crippen LogP contribution is -2.43. The number of H-pyrrole nitrogens is 1. The fourth-order valence-corrected chi connectivity index (χ4v) is 4.54. The van der Waals surface area contributed by atoms with Crippen LogP contribution in [0, 0.1) is 12.8 Å². The van der Waals surface area contributed by atoms with E-state index in [1.165, 1.54) is 0 Å². The molecule has 1 aliphatic rings. The van der Waals surface area contributed by atoms with E-state index in [4.69, 9.17) is 4.74 Å². The van der Waals surface area contributed by atoms with Crippen LogP contribution in [0.5, 0.6) is 0 Å². The summed E-state index contributed by atoms with van der Waals surface area (Å²) in [5, 5.41) is 13.5. The summed E-state index contributed by atoms with van der Waals surface area (Å²) in [5.41, 5.74) is 1.99. The molecule has 0 radical (unpaired) electrons. The smallest absolute Gasteiger partial charge is 0.309 e. The highest BCUT2D eigenvalue weighted by Gasteiger charge is 2.36. The maximum Gasteiger partial charge on any atom is 0.309 e. The van der Waals surface area contributed by atoms with Crippen LogP contribution in [0.3, 0.4) is 0 Å². The molecule has 0 aliphatic carbocycles. The first kappa shape index (κ1) is 23.1. The van der Waals surface area contributed by atoms with Gasteiger partial charge in [-0.1, -0.05) is 11.6 Å². The SMILES string of the molecule is CCOC(=O)C1CCN([C@H](c2cc3cc(C)ccc3[nH]c2=O)c2nnnn2C(C)(C)C)CC1. The van der Waals surface area contributed by atoms with Gasteiger partial charge >= 0.3 is 5.97 Å². The first-order valence-corrected chi connectivity index (χ1v) is 11.5. The van der Waals surface area contributed by atoms with E-state index in [1.807, 2.05) is 52.8 Å². The van der Waals surface area contributed by atoms with E-state index in [0.717, 1.165) is 16.5 Å². The lowest BCUT2D eigenvalue weighted by atomic mass is 9.93. The number of benzene rings is 1. The number of aromatic nitrogens is 5. The third-order valence-corrected chi connectivity index (χ3v) is 6.21. The van der Waals surface area contributed by atoms with Crippen molar-refractivity contribution >= 4 is 16.9 Å². The Balaban J connectivity index is 1.78. The van der Waals surface area contributed by atoms with Gasteiger partial charge in [0.1, 0.15) is 6.04 Å². The fraction of sp³-hybridized carbons (Fsp3) is 0.542. The number of esters is 1. The van der Waals surface area contributed by atoms with E-state index in [0.29, 0.717) is 43.9 Å². The number of piperidine rings is 1. The molecule has 1 aliphatic heterocycles. The molecule has 33 heavy (non-hydrogen) atoms. The molecule has 3 aromatic rings. The van der Waals surface area contributed by atoms with Gasteiger partial charge in [0.2, 0.25) is 0 Å². The Morgan fingerprint density at radius 1 is 1.24 bits per heavy atom. The third kappa shape index (κ3) is 4.68. The fourth-order valence-electron chi connectivity index (χ4n) is 4.54. The Morgan fingerprint density at radius 3 is 2.64 bits per heavy atom. The Kier molecular flexibility index (Phi) is 6.34. The summed E-state index contributed by atoms with van der Waals surface area (Å²) >= 11 is 0. The lowest BCUT2D eigenvalue weighted by molar-refractivity contribution is -0.149. The number of nitrogens with one attached hydrogen (secondary N) is 1. The molecule has 0 spiro atoms. The molecular formula is C24H32N6O3. The summed E-state index contributed by atoms with van der Waals surface area (Å²) in [7, 11) is 0. The van der Waals surface area contributed by atoms with Crippen LogP contribution in [0.2, 0.25) is 0 Å². The largest absolute Gasteiger partial charge is 0.466 e. The van der Waals surface area contributed by atoms with Crippen LogP contribution in [0.25, 0.3) is 10.9 Å². The van der Waals surface area contributed by atoms with Crippen LogP contribution in [-0.2, 0) is 15.1 Å². The van der Waals surface area contributed by atoms with E-state index < -0.39 is 6.04 Å². The number of aryl methyl sites for hydroxylation is 1. The first-order chi connectivity index (χ1) is 15.7. The molecule has 9 heteroatoms. The molecule has 9 nitrogen and oxygen atoms in total. The van der Waals surface area contributed by atoms with Gasteiger partial charge < -0.3 is 9.72 Å². The van der Waals surface area contributed by atoms with Crippen molar-refractivity contribution in [2.75, 3.05) is 19.7 Å². The molecule has 2 aromatic heterocycles. The summed E-state index contributed by atoms with van der Waals surface area (Å²) in [4.78, 5) is 30.8. The van der Waals surface area contributed by atoms with Gasteiger partial charge in [0.25, 0.3) is 5.56 Å². The number of hydrogen-bond acceptors (Lipinski definition) is 7. The van der Waals surface area contributed by atoms with Gasteiger partial charge in [-0.3, -0.25) is 14.5 Å². The van der Waals surface area contributed by atoms with Crippen LogP contribution in [-0.4, -0.2) is 55.8 Å². The van der Waals surface area contributed by atoms with E-state index >= 15 is 0 Å². The Labute approximate surface area is 193 Å². The highest BCUT2D eigenvalue weighted by atomic mass is 16.5. The van der Waals surface area contributed by atoms with E-state index in [2.05, 4.69) is 31.5 Å². The zero-order valence-corrected chi connectivity index (χ0v) is 20.0. The van der Waals surface area contributed by atoms with Crippen molar-refractivity contribution in [3.05, 3.63) is 51.6 Å². The van der Waals surface area contributed by atoms with Crippen molar-refractivity contribution in [3.63, 3.8) is 0 Å². The number of aromatic amines is 1. The van der Waals surface area contributed by atoms with Crippen molar-refractivity contribution in [2.45, 2.75) is 59.0 Å². The quantitative estimate of drug-likeness (QED) is 0.593. The van der Waals surface area contributed by atoms with E-state index in [9.17, 15) is 9.59 Å². The van der Waals surface area contributed by atoms with Gasteiger partial charge in [0.15, 0.2) is 5.82 Å². The summed E-state index contributed by atoms with van der Waals surface area (Å²) in [6.07, 6.45) is 1.33. The summed E-state index contributed by atoms with van der Waals surface area (Å²) < 4.78 is 7.01. The summed E-state index contributed by atoms with van der Waals surface area (Å²) in [6.45, 7) is 11.6. The predicted octanol–water partition coefficient (Wildman–Crippen LogP) is 2.94. The minimum absolute atomic E-state index is 0.127. The Bertz CT molecular complexity index is 1200. The summed E-state index contributed by atoms with van der Waals surface area (Å²) in [6, 6.07) is 7.48. The predicted molar refractivity (Wildman–Crippen MR) is 125 cm³/mol. The molecule has 0 bridgehead atoms. The average Bonchev–Trinajstić information content (AvgIpc) is 3.25.